The molecule has 20 heavy (non-hydrogen) atoms. The van der Waals surface area contributed by atoms with Crippen molar-refractivity contribution in [2.45, 2.75) is 0 Å². The molecule has 0 atom stereocenters. The molecule has 2 heterocycles. The van der Waals surface area contributed by atoms with Crippen LogP contribution in [0, 0.1) is 0 Å². The van der Waals surface area contributed by atoms with Crippen molar-refractivity contribution in [2.75, 3.05) is 6.79 Å². The van der Waals surface area contributed by atoms with Crippen molar-refractivity contribution in [3.63, 3.8) is 0 Å². The Morgan fingerprint density at radius 2 is 1.70 bits per heavy atom. The summed E-state index contributed by atoms with van der Waals surface area (Å²) in [7, 11) is 0. The lowest BCUT2D eigenvalue weighted by Crippen LogP contribution is -2.02. The Bertz CT molecular complexity index is 924. The van der Waals surface area contributed by atoms with Crippen molar-refractivity contribution in [2.24, 2.45) is 0 Å². The summed E-state index contributed by atoms with van der Waals surface area (Å²) in [5.74, 6) is 0.443. The second kappa shape index (κ2) is 3.57. The average molecular weight is 272 g/mol. The topological polar surface area (TPSA) is 89.1 Å². The fourth-order valence-corrected chi connectivity index (χ4v) is 2.33. The molecule has 6 heteroatoms. The van der Waals surface area contributed by atoms with Crippen molar-refractivity contribution in [1.29, 1.82) is 0 Å². The number of phenolic OH excluding ortho intramolecular Hbond substituents is 2. The Morgan fingerprint density at radius 3 is 2.50 bits per heavy atom. The highest BCUT2D eigenvalue weighted by atomic mass is 16.7. The minimum Gasteiger partial charge on any atom is -0.508 e. The molecule has 4 rings (SSSR count). The van der Waals surface area contributed by atoms with Crippen LogP contribution in [0.2, 0.25) is 0 Å². The number of phenols is 2. The van der Waals surface area contributed by atoms with Crippen molar-refractivity contribution >= 4 is 21.9 Å². The molecule has 1 aromatic heterocycles. The number of fused-ring (bicyclic) bond motifs is 3. The standard InChI is InChI=1S/C14H8O6/c15-6-1-8(16)13-12(2-6)20-9-4-11-10(18-5-19-11)3-7(9)14(13)17/h1-4,15-16H,5H2. The van der Waals surface area contributed by atoms with Gasteiger partial charge in [-0.1, -0.05) is 0 Å². The summed E-state index contributed by atoms with van der Waals surface area (Å²) >= 11 is 0. The molecule has 0 unspecified atom stereocenters. The van der Waals surface area contributed by atoms with Gasteiger partial charge >= 0.3 is 0 Å². The SMILES string of the molecule is O=c1c2cc3c(cc2oc2cc(O)cc(O)c12)OCO3. The third-order valence-corrected chi connectivity index (χ3v) is 3.23. The first-order valence-electron chi connectivity index (χ1n) is 5.85. The van der Waals surface area contributed by atoms with E-state index in [4.69, 9.17) is 13.9 Å². The molecular weight excluding hydrogens is 264 g/mol. The van der Waals surface area contributed by atoms with Gasteiger partial charge in [-0.15, -0.1) is 0 Å². The van der Waals surface area contributed by atoms with Crippen molar-refractivity contribution < 1.29 is 24.1 Å². The maximum absolute atomic E-state index is 12.4. The van der Waals surface area contributed by atoms with Gasteiger partial charge in [-0.25, -0.2) is 0 Å². The van der Waals surface area contributed by atoms with Crippen LogP contribution in [-0.2, 0) is 0 Å². The number of ether oxygens (including phenoxy) is 2. The fraction of sp³-hybridized carbons (Fsp3) is 0.0714. The van der Waals surface area contributed by atoms with E-state index in [1.165, 1.54) is 12.1 Å². The average Bonchev–Trinajstić information content (AvgIpc) is 2.83. The zero-order valence-corrected chi connectivity index (χ0v) is 10.0. The van der Waals surface area contributed by atoms with Crippen LogP contribution in [0.1, 0.15) is 0 Å². The first-order valence-corrected chi connectivity index (χ1v) is 5.85. The molecule has 100 valence electrons. The third-order valence-electron chi connectivity index (χ3n) is 3.23. The molecule has 0 amide bonds. The van der Waals surface area contributed by atoms with Gasteiger partial charge in [0.25, 0.3) is 0 Å². The Kier molecular flexibility index (Phi) is 1.96. The highest BCUT2D eigenvalue weighted by molar-refractivity contribution is 5.94. The number of aromatic hydroxyl groups is 2. The predicted molar refractivity (Wildman–Crippen MR) is 69.4 cm³/mol. The van der Waals surface area contributed by atoms with Crippen LogP contribution in [0.5, 0.6) is 23.0 Å². The van der Waals surface area contributed by atoms with Crippen molar-refractivity contribution in [3.05, 3.63) is 34.5 Å². The largest absolute Gasteiger partial charge is 0.508 e. The number of hydrogen-bond donors (Lipinski definition) is 2. The molecule has 0 radical (unpaired) electrons. The van der Waals surface area contributed by atoms with E-state index >= 15 is 0 Å². The third kappa shape index (κ3) is 1.36. The van der Waals surface area contributed by atoms with E-state index in [-0.39, 0.29) is 34.6 Å². The maximum Gasteiger partial charge on any atom is 0.231 e. The monoisotopic (exact) mass is 272 g/mol. The molecule has 2 aromatic carbocycles. The molecular formula is C14H8O6. The summed E-state index contributed by atoms with van der Waals surface area (Å²) in [4.78, 5) is 12.4. The molecule has 1 aliphatic rings. The molecule has 0 bridgehead atoms. The zero-order valence-electron chi connectivity index (χ0n) is 10.0. The lowest BCUT2D eigenvalue weighted by molar-refractivity contribution is 0.174. The highest BCUT2D eigenvalue weighted by Gasteiger charge is 2.19. The minimum absolute atomic E-state index is 0.0224. The van der Waals surface area contributed by atoms with Gasteiger partial charge in [-0.3, -0.25) is 4.79 Å². The molecule has 0 aliphatic carbocycles. The summed E-state index contributed by atoms with van der Waals surface area (Å²) in [6.45, 7) is 0.0887. The first-order chi connectivity index (χ1) is 9.63. The quantitative estimate of drug-likeness (QED) is 0.609. The van der Waals surface area contributed by atoms with E-state index in [1.807, 2.05) is 0 Å². The molecule has 3 aromatic rings. The second-order valence-electron chi connectivity index (χ2n) is 4.47. The zero-order chi connectivity index (χ0) is 13.9. The smallest absolute Gasteiger partial charge is 0.231 e. The summed E-state index contributed by atoms with van der Waals surface area (Å²) in [5.41, 5.74) is 0.0210. The predicted octanol–water partition coefficient (Wildman–Crippen LogP) is 2.09. The van der Waals surface area contributed by atoms with E-state index in [1.54, 1.807) is 6.07 Å². The van der Waals surface area contributed by atoms with Crippen LogP contribution in [-0.4, -0.2) is 17.0 Å². The summed E-state index contributed by atoms with van der Waals surface area (Å²) < 4.78 is 16.0. The molecule has 2 N–H and O–H groups in total. The Labute approximate surface area is 111 Å². The molecule has 0 saturated carbocycles. The number of hydrogen-bond acceptors (Lipinski definition) is 6. The van der Waals surface area contributed by atoms with E-state index < -0.39 is 5.43 Å². The van der Waals surface area contributed by atoms with E-state index in [0.29, 0.717) is 17.1 Å². The van der Waals surface area contributed by atoms with Crippen LogP contribution >= 0.6 is 0 Å². The molecule has 0 spiro atoms. The van der Waals surface area contributed by atoms with Crippen LogP contribution in [0.15, 0.2) is 33.5 Å². The lowest BCUT2D eigenvalue weighted by Gasteiger charge is -2.05. The van der Waals surface area contributed by atoms with Crippen LogP contribution < -0.4 is 14.9 Å². The Hall–Kier alpha value is -2.89. The minimum atomic E-state index is -0.392. The summed E-state index contributed by atoms with van der Waals surface area (Å²) in [6.07, 6.45) is 0. The van der Waals surface area contributed by atoms with Gasteiger partial charge in [0.1, 0.15) is 28.1 Å². The van der Waals surface area contributed by atoms with Crippen LogP contribution in [0.3, 0.4) is 0 Å². The molecule has 0 saturated heterocycles. The second-order valence-corrected chi connectivity index (χ2v) is 4.47. The fourth-order valence-electron chi connectivity index (χ4n) is 2.33. The van der Waals surface area contributed by atoms with Gasteiger partial charge in [-0.2, -0.15) is 0 Å². The van der Waals surface area contributed by atoms with E-state index in [0.717, 1.165) is 6.07 Å². The van der Waals surface area contributed by atoms with Gasteiger partial charge in [0.15, 0.2) is 11.5 Å². The van der Waals surface area contributed by atoms with Gasteiger partial charge in [0.2, 0.25) is 12.2 Å². The summed E-state index contributed by atoms with van der Waals surface area (Å²) in [5, 5.41) is 19.6. The first kappa shape index (κ1) is 11.0. The lowest BCUT2D eigenvalue weighted by atomic mass is 10.1. The molecule has 6 nitrogen and oxygen atoms in total. The highest BCUT2D eigenvalue weighted by Crippen LogP contribution is 2.37. The number of benzene rings is 2. The van der Waals surface area contributed by atoms with Gasteiger partial charge < -0.3 is 24.1 Å². The molecule has 0 fully saturated rings. The van der Waals surface area contributed by atoms with Gasteiger partial charge in [-0.05, 0) is 6.07 Å². The van der Waals surface area contributed by atoms with Crippen molar-refractivity contribution in [1.82, 2.24) is 0 Å². The van der Waals surface area contributed by atoms with Gasteiger partial charge in [0, 0.05) is 18.2 Å². The van der Waals surface area contributed by atoms with E-state index in [2.05, 4.69) is 0 Å². The Morgan fingerprint density at radius 1 is 0.950 bits per heavy atom. The Balaban J connectivity index is 2.21. The van der Waals surface area contributed by atoms with Crippen LogP contribution in [0.25, 0.3) is 21.9 Å². The number of rotatable bonds is 0. The molecule has 1 aliphatic heterocycles. The van der Waals surface area contributed by atoms with Crippen LogP contribution in [0.4, 0.5) is 0 Å². The van der Waals surface area contributed by atoms with Gasteiger partial charge in [0.05, 0.1) is 5.39 Å². The van der Waals surface area contributed by atoms with E-state index in [9.17, 15) is 15.0 Å². The maximum atomic E-state index is 12.4. The normalized spacial score (nSPS) is 13.2. The summed E-state index contributed by atoms with van der Waals surface area (Å²) in [6, 6.07) is 5.45. The van der Waals surface area contributed by atoms with Crippen molar-refractivity contribution in [3.8, 4) is 23.0 Å².